The van der Waals surface area contributed by atoms with E-state index >= 15 is 0 Å². The van der Waals surface area contributed by atoms with Crippen molar-refractivity contribution in [1.29, 1.82) is 0 Å². The highest BCUT2D eigenvalue weighted by Crippen LogP contribution is 2.48. The number of allylic oxidation sites excluding steroid dienone is 2. The molecule has 0 aliphatic heterocycles. The Labute approximate surface area is 209 Å². The molecule has 3 aromatic rings. The van der Waals surface area contributed by atoms with Crippen LogP contribution in [0.1, 0.15) is 6.42 Å². The summed E-state index contributed by atoms with van der Waals surface area (Å²) in [5.41, 5.74) is 2.07. The summed E-state index contributed by atoms with van der Waals surface area (Å²) in [7, 11) is 1.59. The van der Waals surface area contributed by atoms with Crippen LogP contribution in [0, 0.1) is 23.7 Å². The Balaban J connectivity index is 1.20. The number of nitrogens with one attached hydrogen (secondary N) is 2. The molecule has 180 valence electrons. The molecule has 35 heavy (non-hydrogen) atoms. The zero-order valence-corrected chi connectivity index (χ0v) is 20.4. The van der Waals surface area contributed by atoms with Gasteiger partial charge in [-0.1, -0.05) is 23.9 Å². The number of thiazole rings is 1. The van der Waals surface area contributed by atoms with E-state index in [0.29, 0.717) is 11.4 Å². The summed E-state index contributed by atoms with van der Waals surface area (Å²) < 4.78 is 6.74. The van der Waals surface area contributed by atoms with Gasteiger partial charge in [0.05, 0.1) is 34.9 Å². The number of thioether (sulfide) groups is 1. The van der Waals surface area contributed by atoms with Gasteiger partial charge in [-0.05, 0) is 60.7 Å². The van der Waals surface area contributed by atoms with Crippen molar-refractivity contribution < 1.29 is 24.2 Å². The van der Waals surface area contributed by atoms with Gasteiger partial charge in [-0.3, -0.25) is 14.4 Å². The number of carboxylic acids is 1. The summed E-state index contributed by atoms with van der Waals surface area (Å²) in [6, 6.07) is 12.5. The summed E-state index contributed by atoms with van der Waals surface area (Å²) in [4.78, 5) is 41.5. The molecule has 1 fully saturated rings. The fourth-order valence-electron chi connectivity index (χ4n) is 4.78. The van der Waals surface area contributed by atoms with E-state index in [9.17, 15) is 19.5 Å². The molecule has 10 heteroatoms. The SMILES string of the molecule is COc1ccc(NC(=O)CSc2nc3ccc(NC(=O)[C@@H]4[C@@H](C(=O)O)[C@H]5C=C[C@H]4C5)cc3s2)cc1. The second kappa shape index (κ2) is 9.71. The van der Waals surface area contributed by atoms with Crippen LogP contribution in [-0.4, -0.2) is 40.7 Å². The summed E-state index contributed by atoms with van der Waals surface area (Å²) in [6.07, 6.45) is 4.61. The lowest BCUT2D eigenvalue weighted by Gasteiger charge is -2.23. The second-order valence-electron chi connectivity index (χ2n) is 8.55. The quantitative estimate of drug-likeness (QED) is 0.302. The van der Waals surface area contributed by atoms with Crippen LogP contribution in [0.2, 0.25) is 0 Å². The third kappa shape index (κ3) is 4.89. The number of methoxy groups -OCH3 is 1. The monoisotopic (exact) mass is 509 g/mol. The van der Waals surface area contributed by atoms with E-state index < -0.39 is 17.8 Å². The van der Waals surface area contributed by atoms with Crippen LogP contribution in [0.25, 0.3) is 10.2 Å². The van der Waals surface area contributed by atoms with Crippen LogP contribution in [0.3, 0.4) is 0 Å². The molecule has 2 aliphatic rings. The minimum absolute atomic E-state index is 0.0275. The van der Waals surface area contributed by atoms with E-state index in [0.717, 1.165) is 26.7 Å². The number of fused-ring (bicyclic) bond motifs is 3. The number of hydrogen-bond acceptors (Lipinski definition) is 7. The molecule has 0 unspecified atom stereocenters. The number of aliphatic carboxylic acids is 1. The van der Waals surface area contributed by atoms with E-state index in [1.807, 2.05) is 24.3 Å². The largest absolute Gasteiger partial charge is 0.497 e. The molecule has 2 amide bonds. The minimum atomic E-state index is -0.919. The standard InChI is InChI=1S/C25H23N3O5S2/c1-33-17-7-4-15(5-8-17)26-20(29)12-34-25-28-18-9-6-16(11-19(18)35-25)27-23(30)21-13-2-3-14(10-13)22(21)24(31)32/h2-9,11,13-14,21-22H,10,12H2,1H3,(H,26,29)(H,27,30)(H,31,32)/t13-,14-,21-,22-/m0/s1. The van der Waals surface area contributed by atoms with Crippen LogP contribution in [0.15, 0.2) is 59.0 Å². The van der Waals surface area contributed by atoms with Crippen LogP contribution < -0.4 is 15.4 Å². The Morgan fingerprint density at radius 3 is 2.49 bits per heavy atom. The van der Waals surface area contributed by atoms with Gasteiger partial charge in [0.25, 0.3) is 0 Å². The van der Waals surface area contributed by atoms with Crippen molar-refractivity contribution in [3.8, 4) is 5.75 Å². The molecule has 1 heterocycles. The highest BCUT2D eigenvalue weighted by molar-refractivity contribution is 8.01. The zero-order chi connectivity index (χ0) is 24.5. The molecule has 1 saturated carbocycles. The molecule has 1 aromatic heterocycles. The third-order valence-corrected chi connectivity index (χ3v) is 8.55. The number of carbonyl (C=O) groups excluding carboxylic acids is 2. The summed E-state index contributed by atoms with van der Waals surface area (Å²) >= 11 is 2.78. The molecule has 4 atom stereocenters. The first-order chi connectivity index (χ1) is 16.9. The highest BCUT2D eigenvalue weighted by atomic mass is 32.2. The van der Waals surface area contributed by atoms with Crippen molar-refractivity contribution >= 4 is 62.5 Å². The average Bonchev–Trinajstić information content (AvgIpc) is 3.57. The molecule has 0 radical (unpaired) electrons. The Morgan fingerprint density at radius 1 is 1.06 bits per heavy atom. The predicted molar refractivity (Wildman–Crippen MR) is 136 cm³/mol. The number of carboxylic acid groups (broad SMARTS) is 1. The first-order valence-electron chi connectivity index (χ1n) is 11.1. The zero-order valence-electron chi connectivity index (χ0n) is 18.8. The van der Waals surface area contributed by atoms with Gasteiger partial charge in [-0.25, -0.2) is 4.98 Å². The number of hydrogen-bond donors (Lipinski definition) is 3. The topological polar surface area (TPSA) is 118 Å². The molecule has 2 aromatic carbocycles. The van der Waals surface area contributed by atoms with E-state index in [2.05, 4.69) is 15.6 Å². The fraction of sp³-hybridized carbons (Fsp3) is 0.280. The van der Waals surface area contributed by atoms with Gasteiger partial charge in [-0.2, -0.15) is 0 Å². The molecular weight excluding hydrogens is 486 g/mol. The maximum absolute atomic E-state index is 12.9. The van der Waals surface area contributed by atoms with Gasteiger partial charge in [0, 0.05) is 11.4 Å². The maximum Gasteiger partial charge on any atom is 0.307 e. The highest BCUT2D eigenvalue weighted by Gasteiger charge is 2.51. The maximum atomic E-state index is 12.9. The number of anilines is 2. The van der Waals surface area contributed by atoms with Crippen molar-refractivity contribution in [1.82, 2.24) is 4.98 Å². The van der Waals surface area contributed by atoms with Crippen LogP contribution in [-0.2, 0) is 14.4 Å². The fourth-order valence-corrected chi connectivity index (χ4v) is 6.69. The lowest BCUT2D eigenvalue weighted by atomic mass is 9.82. The molecule has 3 N–H and O–H groups in total. The van der Waals surface area contributed by atoms with Crippen molar-refractivity contribution in [3.05, 3.63) is 54.6 Å². The van der Waals surface area contributed by atoms with Crippen molar-refractivity contribution in [2.45, 2.75) is 10.8 Å². The Bertz CT molecular complexity index is 1320. The number of carbonyl (C=O) groups is 3. The molecule has 8 nitrogen and oxygen atoms in total. The summed E-state index contributed by atoms with van der Waals surface area (Å²) in [6.45, 7) is 0. The van der Waals surface area contributed by atoms with E-state index in [1.165, 1.54) is 23.1 Å². The lowest BCUT2D eigenvalue weighted by Crippen LogP contribution is -2.36. The van der Waals surface area contributed by atoms with E-state index in [4.69, 9.17) is 4.74 Å². The van der Waals surface area contributed by atoms with Gasteiger partial charge in [0.2, 0.25) is 11.8 Å². The van der Waals surface area contributed by atoms with Gasteiger partial charge in [-0.15, -0.1) is 11.3 Å². The normalized spacial score (nSPS) is 22.3. The smallest absolute Gasteiger partial charge is 0.307 e. The lowest BCUT2D eigenvalue weighted by molar-refractivity contribution is -0.146. The van der Waals surface area contributed by atoms with Gasteiger partial charge in [0.15, 0.2) is 4.34 Å². The molecule has 0 saturated heterocycles. The van der Waals surface area contributed by atoms with Crippen LogP contribution in [0.4, 0.5) is 11.4 Å². The number of benzene rings is 2. The summed E-state index contributed by atoms with van der Waals surface area (Å²) in [5, 5.41) is 15.4. The molecule has 0 spiro atoms. The summed E-state index contributed by atoms with van der Waals surface area (Å²) in [5.74, 6) is -1.72. The number of aromatic nitrogens is 1. The Morgan fingerprint density at radius 2 is 1.77 bits per heavy atom. The number of nitrogens with zero attached hydrogens (tertiary/aromatic N) is 1. The number of amides is 2. The molecule has 2 bridgehead atoms. The molecule has 2 aliphatic carbocycles. The van der Waals surface area contributed by atoms with Crippen molar-refractivity contribution in [2.24, 2.45) is 23.7 Å². The number of rotatable bonds is 8. The Hall–Kier alpha value is -3.37. The van der Waals surface area contributed by atoms with Gasteiger partial charge >= 0.3 is 5.97 Å². The molecular formula is C25H23N3O5S2. The van der Waals surface area contributed by atoms with Gasteiger partial charge in [0.1, 0.15) is 5.75 Å². The van der Waals surface area contributed by atoms with Crippen LogP contribution in [0.5, 0.6) is 5.75 Å². The van der Waals surface area contributed by atoms with Gasteiger partial charge < -0.3 is 20.5 Å². The van der Waals surface area contributed by atoms with E-state index in [-0.39, 0.29) is 29.4 Å². The average molecular weight is 510 g/mol. The van der Waals surface area contributed by atoms with Crippen molar-refractivity contribution in [2.75, 3.05) is 23.5 Å². The van der Waals surface area contributed by atoms with Crippen molar-refractivity contribution in [3.63, 3.8) is 0 Å². The predicted octanol–water partition coefficient (Wildman–Crippen LogP) is 4.50. The first kappa shape index (κ1) is 23.4. The second-order valence-corrected chi connectivity index (χ2v) is 10.8. The third-order valence-electron chi connectivity index (χ3n) is 6.38. The first-order valence-corrected chi connectivity index (χ1v) is 12.9. The van der Waals surface area contributed by atoms with Crippen LogP contribution >= 0.6 is 23.1 Å². The number of ether oxygens (including phenoxy) is 1. The minimum Gasteiger partial charge on any atom is -0.497 e. The van der Waals surface area contributed by atoms with E-state index in [1.54, 1.807) is 37.4 Å². The Kier molecular flexibility index (Phi) is 6.48. The molecule has 5 rings (SSSR count).